The van der Waals surface area contributed by atoms with Crippen LogP contribution in [0.5, 0.6) is 0 Å². The number of para-hydroxylation sites is 2. The van der Waals surface area contributed by atoms with Crippen LogP contribution in [-0.2, 0) is 6.54 Å². The molecule has 0 amide bonds. The maximum atomic E-state index is 13.4. The lowest BCUT2D eigenvalue weighted by Gasteiger charge is -2.12. The second kappa shape index (κ2) is 9.57. The van der Waals surface area contributed by atoms with Crippen molar-refractivity contribution in [3.05, 3.63) is 94.5 Å². The highest BCUT2D eigenvalue weighted by atomic mass is 32.2. The Balaban J connectivity index is 1.53. The molecule has 0 spiro atoms. The van der Waals surface area contributed by atoms with Gasteiger partial charge >= 0.3 is 0 Å². The number of hydrogen-bond acceptors (Lipinski definition) is 6. The van der Waals surface area contributed by atoms with Crippen molar-refractivity contribution in [1.29, 1.82) is 5.26 Å². The van der Waals surface area contributed by atoms with Crippen LogP contribution in [0.2, 0.25) is 0 Å². The van der Waals surface area contributed by atoms with E-state index >= 15 is 0 Å². The van der Waals surface area contributed by atoms with E-state index in [1.165, 1.54) is 16.3 Å². The molecule has 172 valence electrons. The van der Waals surface area contributed by atoms with Crippen molar-refractivity contribution in [2.45, 2.75) is 25.0 Å². The van der Waals surface area contributed by atoms with E-state index in [2.05, 4.69) is 11.1 Å². The van der Waals surface area contributed by atoms with Gasteiger partial charge < -0.3 is 4.57 Å². The van der Waals surface area contributed by atoms with E-state index in [9.17, 15) is 9.59 Å². The zero-order valence-electron chi connectivity index (χ0n) is 19.0. The second-order valence-corrected chi connectivity index (χ2v) is 9.06. The molecular weight excluding hydrogens is 458 g/mol. The molecule has 2 aromatic carbocycles. The van der Waals surface area contributed by atoms with Gasteiger partial charge in [-0.2, -0.15) is 5.26 Å². The van der Waals surface area contributed by atoms with Gasteiger partial charge in [-0.1, -0.05) is 48.2 Å². The summed E-state index contributed by atoms with van der Waals surface area (Å²) in [6.45, 7) is 2.45. The first kappa shape index (κ1) is 22.6. The zero-order chi connectivity index (χ0) is 24.4. The van der Waals surface area contributed by atoms with Crippen molar-refractivity contribution in [2.75, 3.05) is 5.75 Å². The fourth-order valence-electron chi connectivity index (χ4n) is 4.04. The Hall–Kier alpha value is -4.22. The number of carbonyl (C=O) groups excluding carboxylic acids is 1. The predicted octanol–water partition coefficient (Wildman–Crippen LogP) is 4.93. The fraction of sp³-hybridized carbons (Fsp3) is 0.148. The molecule has 0 saturated heterocycles. The number of nitriles is 1. The number of aryl methyl sites for hydroxylation is 2. The van der Waals surface area contributed by atoms with Crippen LogP contribution in [-0.4, -0.2) is 30.6 Å². The minimum atomic E-state index is -0.227. The normalized spacial score (nSPS) is 11.1. The van der Waals surface area contributed by atoms with E-state index in [4.69, 9.17) is 10.2 Å². The summed E-state index contributed by atoms with van der Waals surface area (Å²) < 4.78 is 3.41. The van der Waals surface area contributed by atoms with Crippen LogP contribution in [0.25, 0.3) is 27.6 Å². The first-order chi connectivity index (χ1) is 17.1. The molecule has 0 atom stereocenters. The molecule has 0 radical (unpaired) electrons. The van der Waals surface area contributed by atoms with Gasteiger partial charge in [0.05, 0.1) is 29.1 Å². The summed E-state index contributed by atoms with van der Waals surface area (Å²) in [6, 6.07) is 20.7. The van der Waals surface area contributed by atoms with E-state index in [0.29, 0.717) is 40.4 Å². The number of benzene rings is 2. The summed E-state index contributed by atoms with van der Waals surface area (Å²) in [6.07, 6.45) is 3.87. The average molecular weight is 480 g/mol. The molecule has 0 saturated carbocycles. The third-order valence-electron chi connectivity index (χ3n) is 5.76. The molecule has 3 aromatic heterocycles. The molecule has 5 aromatic rings. The molecule has 5 rings (SSSR count). The maximum absolute atomic E-state index is 13.4. The van der Waals surface area contributed by atoms with Crippen molar-refractivity contribution in [3.8, 4) is 11.9 Å². The molecule has 0 aliphatic carbocycles. The highest BCUT2D eigenvalue weighted by Gasteiger charge is 2.19. The number of aromatic nitrogens is 4. The lowest BCUT2D eigenvalue weighted by Crippen LogP contribution is -2.23. The molecule has 0 N–H and O–H groups in total. The first-order valence-corrected chi connectivity index (χ1v) is 12.1. The van der Waals surface area contributed by atoms with Crippen molar-refractivity contribution in [3.63, 3.8) is 0 Å². The van der Waals surface area contributed by atoms with Gasteiger partial charge in [-0.15, -0.1) is 0 Å². The summed E-state index contributed by atoms with van der Waals surface area (Å²) in [5, 5.41) is 10.7. The van der Waals surface area contributed by atoms with E-state index in [1.54, 1.807) is 30.5 Å². The highest BCUT2D eigenvalue weighted by molar-refractivity contribution is 7.99. The Morgan fingerprint density at radius 2 is 1.83 bits per heavy atom. The summed E-state index contributed by atoms with van der Waals surface area (Å²) in [5.41, 5.74) is 2.83. The van der Waals surface area contributed by atoms with Gasteiger partial charge in [0.2, 0.25) is 0 Å². The summed E-state index contributed by atoms with van der Waals surface area (Å²) in [5.74, 6) is 0.484. The van der Waals surface area contributed by atoms with Crippen molar-refractivity contribution in [2.24, 2.45) is 0 Å². The van der Waals surface area contributed by atoms with Gasteiger partial charge in [-0.3, -0.25) is 9.59 Å². The highest BCUT2D eigenvalue weighted by Crippen LogP contribution is 2.26. The Kier molecular flexibility index (Phi) is 6.17. The molecule has 8 heteroatoms. The maximum Gasteiger partial charge on any atom is 0.267 e. The minimum Gasteiger partial charge on any atom is -0.346 e. The molecule has 0 fully saturated rings. The molecule has 0 unspecified atom stereocenters. The van der Waals surface area contributed by atoms with Gasteiger partial charge in [0.1, 0.15) is 5.82 Å². The standard InChI is InChI=1S/C27H21N5O2S/c1-18-11-12-25(29-15-18)32-26(34)20-8-2-4-9-22(20)30-27(32)35-17-24(33)21-16-31(14-6-13-28)23-10-5-3-7-19(21)23/h2-5,7-12,15-16H,6,14,17H2,1H3. The Morgan fingerprint density at radius 1 is 1.06 bits per heavy atom. The monoisotopic (exact) mass is 479 g/mol. The fourth-order valence-corrected chi connectivity index (χ4v) is 4.92. The van der Waals surface area contributed by atoms with Crippen LogP contribution < -0.4 is 5.56 Å². The third-order valence-corrected chi connectivity index (χ3v) is 6.69. The van der Waals surface area contributed by atoms with Crippen LogP contribution in [0.3, 0.4) is 0 Å². The van der Waals surface area contributed by atoms with Crippen molar-refractivity contribution >= 4 is 39.4 Å². The third kappa shape index (κ3) is 4.34. The van der Waals surface area contributed by atoms with Crippen LogP contribution >= 0.6 is 11.8 Å². The predicted molar refractivity (Wildman–Crippen MR) is 137 cm³/mol. The van der Waals surface area contributed by atoms with Crippen LogP contribution in [0.1, 0.15) is 22.3 Å². The van der Waals surface area contributed by atoms with Gasteiger partial charge in [0.25, 0.3) is 5.56 Å². The topological polar surface area (TPSA) is 93.6 Å². The van der Waals surface area contributed by atoms with E-state index < -0.39 is 0 Å². The Bertz CT molecular complexity index is 1660. The molecule has 0 aliphatic rings. The van der Waals surface area contributed by atoms with E-state index in [1.807, 2.05) is 54.1 Å². The molecule has 0 aliphatic heterocycles. The number of carbonyl (C=O) groups is 1. The summed E-state index contributed by atoms with van der Waals surface area (Å²) in [7, 11) is 0. The van der Waals surface area contributed by atoms with Crippen molar-refractivity contribution < 1.29 is 4.79 Å². The number of ketones is 1. The first-order valence-electron chi connectivity index (χ1n) is 11.1. The number of fused-ring (bicyclic) bond motifs is 2. The van der Waals surface area contributed by atoms with E-state index in [-0.39, 0.29) is 17.1 Å². The van der Waals surface area contributed by atoms with Gasteiger partial charge in [-0.05, 0) is 36.8 Å². The van der Waals surface area contributed by atoms with Crippen LogP contribution in [0.4, 0.5) is 0 Å². The minimum absolute atomic E-state index is 0.0762. The van der Waals surface area contributed by atoms with Crippen molar-refractivity contribution in [1.82, 2.24) is 19.1 Å². The Labute approximate surface area is 205 Å². The number of rotatable bonds is 7. The number of nitrogens with zero attached hydrogens (tertiary/aromatic N) is 5. The van der Waals surface area contributed by atoms with E-state index in [0.717, 1.165) is 16.5 Å². The zero-order valence-corrected chi connectivity index (χ0v) is 19.8. The second-order valence-electron chi connectivity index (χ2n) is 8.12. The number of hydrogen-bond donors (Lipinski definition) is 0. The number of Topliss-reactive ketones (excluding diaryl/α,β-unsaturated/α-hetero) is 1. The molecular formula is C27H21N5O2S. The van der Waals surface area contributed by atoms with Gasteiger partial charge in [0, 0.05) is 35.4 Å². The summed E-state index contributed by atoms with van der Waals surface area (Å²) in [4.78, 5) is 35.8. The lowest BCUT2D eigenvalue weighted by molar-refractivity contribution is 0.102. The molecule has 0 bridgehead atoms. The number of thioether (sulfide) groups is 1. The Morgan fingerprint density at radius 3 is 2.60 bits per heavy atom. The lowest BCUT2D eigenvalue weighted by atomic mass is 10.1. The van der Waals surface area contributed by atoms with Gasteiger partial charge in [-0.25, -0.2) is 14.5 Å². The van der Waals surface area contributed by atoms with Crippen LogP contribution in [0.15, 0.2) is 83.0 Å². The molecule has 3 heterocycles. The largest absolute Gasteiger partial charge is 0.346 e. The number of pyridine rings is 1. The molecule has 35 heavy (non-hydrogen) atoms. The smallest absolute Gasteiger partial charge is 0.267 e. The quantitative estimate of drug-likeness (QED) is 0.187. The molecule has 7 nitrogen and oxygen atoms in total. The summed E-state index contributed by atoms with van der Waals surface area (Å²) >= 11 is 1.21. The SMILES string of the molecule is Cc1ccc(-n2c(SCC(=O)c3cn(CCC#N)c4ccccc34)nc3ccccc3c2=O)nc1. The van der Waals surface area contributed by atoms with Gasteiger partial charge in [0.15, 0.2) is 10.9 Å². The average Bonchev–Trinajstić information content (AvgIpc) is 3.26. The van der Waals surface area contributed by atoms with Crippen LogP contribution in [0, 0.1) is 18.3 Å².